The summed E-state index contributed by atoms with van der Waals surface area (Å²) in [4.78, 5) is 20.9. The van der Waals surface area contributed by atoms with E-state index in [1.165, 1.54) is 30.0 Å². The fourth-order valence-corrected chi connectivity index (χ4v) is 4.52. The summed E-state index contributed by atoms with van der Waals surface area (Å²) in [5.74, 6) is -0.194. The summed E-state index contributed by atoms with van der Waals surface area (Å²) in [5, 5.41) is 6.59. The van der Waals surface area contributed by atoms with Crippen LogP contribution in [0.15, 0.2) is 36.8 Å². The first kappa shape index (κ1) is 21.3. The number of benzene rings is 1. The van der Waals surface area contributed by atoms with E-state index in [1.807, 2.05) is 33.0 Å². The Hall–Kier alpha value is -3.53. The SMILES string of the molecule is CC(C)(C)c1cc(NC(=O)Nc2ccc(-c3cn(C4CC4)c4ncnc(N)c34)cc2F)sn1. The molecule has 8 nitrogen and oxygen atoms in total. The van der Waals surface area contributed by atoms with Gasteiger partial charge in [0.25, 0.3) is 0 Å². The number of hydrogen-bond acceptors (Lipinski definition) is 6. The molecule has 1 fully saturated rings. The number of carbonyl (C=O) groups is 1. The van der Waals surface area contributed by atoms with Crippen LogP contribution in [-0.4, -0.2) is 24.9 Å². The third-order valence-corrected chi connectivity index (χ3v) is 6.33. The lowest BCUT2D eigenvalue weighted by atomic mass is 9.92. The minimum Gasteiger partial charge on any atom is -0.383 e. The Balaban J connectivity index is 1.38. The van der Waals surface area contributed by atoms with Crippen LogP contribution in [-0.2, 0) is 5.41 Å². The number of nitrogens with two attached hydrogens (primary N) is 1. The largest absolute Gasteiger partial charge is 0.383 e. The van der Waals surface area contributed by atoms with Gasteiger partial charge in [-0.25, -0.2) is 19.2 Å². The first-order chi connectivity index (χ1) is 15.7. The Morgan fingerprint density at radius 1 is 1.21 bits per heavy atom. The number of hydrogen-bond donors (Lipinski definition) is 3. The predicted octanol–water partition coefficient (Wildman–Crippen LogP) is 5.55. The van der Waals surface area contributed by atoms with E-state index in [4.69, 9.17) is 5.73 Å². The van der Waals surface area contributed by atoms with Crippen LogP contribution in [0.5, 0.6) is 0 Å². The van der Waals surface area contributed by atoms with Crippen molar-refractivity contribution in [3.63, 3.8) is 0 Å². The third kappa shape index (κ3) is 4.13. The molecule has 1 aliphatic carbocycles. The van der Waals surface area contributed by atoms with Crippen molar-refractivity contribution >= 4 is 45.1 Å². The summed E-state index contributed by atoms with van der Waals surface area (Å²) in [5.41, 5.74) is 9.13. The van der Waals surface area contributed by atoms with Crippen molar-refractivity contribution < 1.29 is 9.18 Å². The van der Waals surface area contributed by atoms with Crippen LogP contribution >= 0.6 is 11.5 Å². The van der Waals surface area contributed by atoms with Gasteiger partial charge in [-0.2, -0.15) is 4.37 Å². The molecule has 4 N–H and O–H groups in total. The zero-order valence-corrected chi connectivity index (χ0v) is 19.3. The minimum absolute atomic E-state index is 0.0759. The Labute approximate surface area is 194 Å². The Kier molecular flexibility index (Phi) is 5.04. The van der Waals surface area contributed by atoms with Crippen LogP contribution in [0.1, 0.15) is 45.3 Å². The molecular formula is C23H24FN7OS. The molecule has 4 aromatic rings. The van der Waals surface area contributed by atoms with Crippen LogP contribution in [0, 0.1) is 5.82 Å². The van der Waals surface area contributed by atoms with Crippen molar-refractivity contribution in [1.29, 1.82) is 0 Å². The van der Waals surface area contributed by atoms with E-state index in [0.717, 1.165) is 29.7 Å². The molecule has 0 aliphatic heterocycles. The van der Waals surface area contributed by atoms with Gasteiger partial charge in [0, 0.05) is 23.2 Å². The zero-order chi connectivity index (χ0) is 23.3. The molecule has 5 rings (SSSR count). The Bertz CT molecular complexity index is 1370. The number of nitrogens with zero attached hydrogens (tertiary/aromatic N) is 4. The van der Waals surface area contributed by atoms with E-state index in [1.54, 1.807) is 6.07 Å². The summed E-state index contributed by atoms with van der Waals surface area (Å²) in [6.45, 7) is 6.14. The molecule has 0 radical (unpaired) electrons. The number of amides is 2. The molecule has 0 atom stereocenters. The number of aromatic nitrogens is 4. The Morgan fingerprint density at radius 3 is 2.67 bits per heavy atom. The fourth-order valence-electron chi connectivity index (χ4n) is 3.70. The van der Waals surface area contributed by atoms with E-state index in [0.29, 0.717) is 27.8 Å². The van der Waals surface area contributed by atoms with Gasteiger partial charge in [0.15, 0.2) is 0 Å². The molecule has 10 heteroatoms. The number of nitrogens with one attached hydrogen (secondary N) is 2. The second kappa shape index (κ2) is 7.80. The molecule has 1 aromatic carbocycles. The van der Waals surface area contributed by atoms with E-state index < -0.39 is 11.8 Å². The molecule has 170 valence electrons. The van der Waals surface area contributed by atoms with Gasteiger partial charge in [0.05, 0.1) is 16.8 Å². The predicted molar refractivity (Wildman–Crippen MR) is 129 cm³/mol. The first-order valence-corrected chi connectivity index (χ1v) is 11.4. The fraction of sp³-hybridized carbons (Fsp3) is 0.304. The number of urea groups is 1. The molecule has 3 aromatic heterocycles. The van der Waals surface area contributed by atoms with Crippen LogP contribution in [0.4, 0.5) is 25.7 Å². The van der Waals surface area contributed by atoms with Crippen molar-refractivity contribution in [3.8, 4) is 11.1 Å². The molecule has 0 spiro atoms. The highest BCUT2D eigenvalue weighted by atomic mass is 32.1. The minimum atomic E-state index is -0.551. The summed E-state index contributed by atoms with van der Waals surface area (Å²) in [6, 6.07) is 6.35. The number of rotatable bonds is 4. The second-order valence-corrected chi connectivity index (χ2v) is 10.0. The van der Waals surface area contributed by atoms with E-state index >= 15 is 0 Å². The van der Waals surface area contributed by atoms with Gasteiger partial charge in [0.2, 0.25) is 0 Å². The first-order valence-electron chi connectivity index (χ1n) is 10.7. The number of halogens is 1. The monoisotopic (exact) mass is 465 g/mol. The van der Waals surface area contributed by atoms with Gasteiger partial charge >= 0.3 is 6.03 Å². The van der Waals surface area contributed by atoms with Crippen LogP contribution in [0.25, 0.3) is 22.2 Å². The topological polar surface area (TPSA) is 111 Å². The zero-order valence-electron chi connectivity index (χ0n) is 18.5. The van der Waals surface area contributed by atoms with Crippen molar-refractivity contribution in [1.82, 2.24) is 18.9 Å². The van der Waals surface area contributed by atoms with Crippen LogP contribution in [0.2, 0.25) is 0 Å². The third-order valence-electron chi connectivity index (χ3n) is 5.62. The normalized spacial score (nSPS) is 13.9. The van der Waals surface area contributed by atoms with Gasteiger partial charge in [-0.15, -0.1) is 0 Å². The van der Waals surface area contributed by atoms with Gasteiger partial charge in [0.1, 0.15) is 28.6 Å². The number of fused-ring (bicyclic) bond motifs is 1. The number of anilines is 3. The molecule has 3 heterocycles. The smallest absolute Gasteiger partial charge is 0.324 e. The van der Waals surface area contributed by atoms with Crippen molar-refractivity contribution in [2.24, 2.45) is 0 Å². The molecule has 1 aliphatic rings. The summed E-state index contributed by atoms with van der Waals surface area (Å²) in [6.07, 6.45) is 5.56. The maximum Gasteiger partial charge on any atom is 0.324 e. The molecule has 0 bridgehead atoms. The van der Waals surface area contributed by atoms with Crippen molar-refractivity contribution in [3.05, 3.63) is 48.3 Å². The maximum absolute atomic E-state index is 15.0. The molecule has 1 saturated carbocycles. The number of carbonyl (C=O) groups excluding carboxylic acids is 1. The summed E-state index contributed by atoms with van der Waals surface area (Å²) < 4.78 is 21.4. The van der Waals surface area contributed by atoms with Crippen LogP contribution in [0.3, 0.4) is 0 Å². The second-order valence-electron chi connectivity index (χ2n) is 9.24. The lowest BCUT2D eigenvalue weighted by molar-refractivity contribution is 0.262. The molecular weight excluding hydrogens is 441 g/mol. The lowest BCUT2D eigenvalue weighted by Crippen LogP contribution is -2.19. The summed E-state index contributed by atoms with van der Waals surface area (Å²) >= 11 is 1.19. The van der Waals surface area contributed by atoms with E-state index in [2.05, 4.69) is 29.5 Å². The highest BCUT2D eigenvalue weighted by molar-refractivity contribution is 7.10. The van der Waals surface area contributed by atoms with E-state index in [-0.39, 0.29) is 11.1 Å². The Morgan fingerprint density at radius 2 is 2.00 bits per heavy atom. The summed E-state index contributed by atoms with van der Waals surface area (Å²) in [7, 11) is 0. The molecule has 2 amide bonds. The highest BCUT2D eigenvalue weighted by Crippen LogP contribution is 2.42. The maximum atomic E-state index is 15.0. The van der Waals surface area contributed by atoms with Crippen molar-refractivity contribution in [2.75, 3.05) is 16.4 Å². The van der Waals surface area contributed by atoms with Gasteiger partial charge in [-0.3, -0.25) is 5.32 Å². The van der Waals surface area contributed by atoms with Gasteiger partial charge in [-0.05, 0) is 48.1 Å². The lowest BCUT2D eigenvalue weighted by Gasteiger charge is -2.13. The molecule has 0 unspecified atom stereocenters. The quantitative estimate of drug-likeness (QED) is 0.366. The van der Waals surface area contributed by atoms with Crippen LogP contribution < -0.4 is 16.4 Å². The van der Waals surface area contributed by atoms with Crippen molar-refractivity contribution in [2.45, 2.75) is 45.1 Å². The number of nitrogen functional groups attached to an aromatic ring is 1. The molecule has 0 saturated heterocycles. The average molecular weight is 466 g/mol. The van der Waals surface area contributed by atoms with E-state index in [9.17, 15) is 9.18 Å². The standard InChI is InChI=1S/C23H24FN7OS/c1-23(2,3)17-9-18(33-30-17)29-22(32)28-16-7-4-12(8-15(16)24)14-10-31(13-5-6-13)21-19(14)20(25)26-11-27-21/h4,7-11,13H,5-6H2,1-3H3,(H2,25,26,27)(H2,28,29,32). The average Bonchev–Trinajstić information content (AvgIpc) is 3.34. The molecule has 33 heavy (non-hydrogen) atoms. The van der Waals surface area contributed by atoms with Gasteiger partial charge < -0.3 is 15.6 Å². The van der Waals surface area contributed by atoms with Gasteiger partial charge in [-0.1, -0.05) is 26.8 Å². The highest BCUT2D eigenvalue weighted by Gasteiger charge is 2.28.